The van der Waals surface area contributed by atoms with Crippen LogP contribution in [-0.4, -0.2) is 39.6 Å². The van der Waals surface area contributed by atoms with Gasteiger partial charge in [0, 0.05) is 19.0 Å². The summed E-state index contributed by atoms with van der Waals surface area (Å²) in [4.78, 5) is 0.271. The molecule has 0 aromatic heterocycles. The quantitative estimate of drug-likeness (QED) is 0.807. The van der Waals surface area contributed by atoms with Crippen LogP contribution in [0.5, 0.6) is 17.2 Å². The molecule has 27 heavy (non-hydrogen) atoms. The first-order valence-electron chi connectivity index (χ1n) is 9.09. The molecule has 0 fully saturated rings. The number of hydrogen-bond acceptors (Lipinski definition) is 5. The van der Waals surface area contributed by atoms with E-state index >= 15 is 0 Å². The van der Waals surface area contributed by atoms with Gasteiger partial charge in [-0.1, -0.05) is 0 Å². The van der Waals surface area contributed by atoms with Crippen molar-refractivity contribution in [3.63, 3.8) is 0 Å². The zero-order valence-corrected chi connectivity index (χ0v) is 16.3. The minimum Gasteiger partial charge on any atom is -0.497 e. The van der Waals surface area contributed by atoms with Crippen LogP contribution in [0.25, 0.3) is 0 Å². The number of nitrogens with zero attached hydrogens (tertiary/aromatic N) is 1. The molecule has 2 heterocycles. The molecule has 0 N–H and O–H groups in total. The smallest absolute Gasteiger partial charge is 0.243 e. The third-order valence-corrected chi connectivity index (χ3v) is 7.14. The fourth-order valence-electron chi connectivity index (χ4n) is 3.66. The lowest BCUT2D eigenvalue weighted by Crippen LogP contribution is -2.38. The molecule has 0 aliphatic carbocycles. The number of ether oxygens (including phenoxy) is 3. The van der Waals surface area contributed by atoms with Crippen molar-refractivity contribution in [2.45, 2.75) is 30.7 Å². The summed E-state index contributed by atoms with van der Waals surface area (Å²) in [7, 11) is -2.04. The largest absolute Gasteiger partial charge is 0.497 e. The van der Waals surface area contributed by atoms with Crippen molar-refractivity contribution in [1.29, 1.82) is 0 Å². The third-order valence-electron chi connectivity index (χ3n) is 5.16. The summed E-state index contributed by atoms with van der Waals surface area (Å²) in [6.45, 7) is 3.60. The highest BCUT2D eigenvalue weighted by Crippen LogP contribution is 2.40. The van der Waals surface area contributed by atoms with Crippen molar-refractivity contribution in [3.05, 3.63) is 47.5 Å². The second kappa shape index (κ2) is 7.05. The van der Waals surface area contributed by atoms with Crippen LogP contribution in [0, 0.1) is 0 Å². The number of methoxy groups -OCH3 is 1. The molecule has 0 spiro atoms. The van der Waals surface area contributed by atoms with Crippen molar-refractivity contribution >= 4 is 10.0 Å². The van der Waals surface area contributed by atoms with E-state index in [9.17, 15) is 8.42 Å². The molecule has 7 heteroatoms. The Morgan fingerprint density at radius 1 is 1.07 bits per heavy atom. The van der Waals surface area contributed by atoms with E-state index in [0.29, 0.717) is 37.7 Å². The van der Waals surface area contributed by atoms with Gasteiger partial charge in [0.1, 0.15) is 5.75 Å². The Hall–Kier alpha value is -2.25. The molecule has 0 bridgehead atoms. The fourth-order valence-corrected chi connectivity index (χ4v) is 5.28. The summed E-state index contributed by atoms with van der Waals surface area (Å²) in [5.41, 5.74) is 2.09. The first-order valence-corrected chi connectivity index (χ1v) is 10.5. The Morgan fingerprint density at radius 3 is 2.41 bits per heavy atom. The number of benzene rings is 2. The summed E-state index contributed by atoms with van der Waals surface area (Å²) < 4.78 is 44.6. The maximum absolute atomic E-state index is 13.2. The predicted octanol–water partition coefficient (Wildman–Crippen LogP) is 3.16. The lowest BCUT2D eigenvalue weighted by Gasteiger charge is -2.34. The van der Waals surface area contributed by atoms with E-state index < -0.39 is 10.0 Å². The Kier molecular flexibility index (Phi) is 4.74. The second-order valence-corrected chi connectivity index (χ2v) is 8.66. The van der Waals surface area contributed by atoms with Gasteiger partial charge in [-0.15, -0.1) is 0 Å². The molecular formula is C20H23NO5S. The van der Waals surface area contributed by atoms with Crippen LogP contribution in [-0.2, 0) is 16.4 Å². The Morgan fingerprint density at radius 2 is 1.74 bits per heavy atom. The highest BCUT2D eigenvalue weighted by atomic mass is 32.2. The van der Waals surface area contributed by atoms with Crippen LogP contribution >= 0.6 is 0 Å². The number of hydrogen-bond donors (Lipinski definition) is 0. The minimum absolute atomic E-state index is 0.271. The van der Waals surface area contributed by atoms with Crippen LogP contribution in [0.4, 0.5) is 0 Å². The SMILES string of the molecule is COc1ccc(S(=O)(=O)N2CCc3cc4c(cc3[C@@H]2C)OCCCO4)cc1. The number of fused-ring (bicyclic) bond motifs is 2. The van der Waals surface area contributed by atoms with Gasteiger partial charge in [-0.3, -0.25) is 0 Å². The molecule has 0 amide bonds. The zero-order valence-electron chi connectivity index (χ0n) is 15.5. The van der Waals surface area contributed by atoms with Crippen molar-refractivity contribution in [2.75, 3.05) is 26.9 Å². The standard InChI is InChI=1S/C20H23NO5S/c1-14-18-13-20-19(25-10-3-11-26-20)12-15(18)8-9-21(14)27(22,23)17-6-4-16(24-2)5-7-17/h4-7,12-14H,3,8-11H2,1-2H3/t14-/m0/s1. The predicted molar refractivity (Wildman–Crippen MR) is 101 cm³/mol. The van der Waals surface area contributed by atoms with Crippen LogP contribution in [0.1, 0.15) is 30.5 Å². The van der Waals surface area contributed by atoms with Gasteiger partial charge in [-0.05, 0) is 60.9 Å². The van der Waals surface area contributed by atoms with Crippen molar-refractivity contribution < 1.29 is 22.6 Å². The van der Waals surface area contributed by atoms with Gasteiger partial charge in [0.25, 0.3) is 0 Å². The number of sulfonamides is 1. The monoisotopic (exact) mass is 389 g/mol. The molecule has 6 nitrogen and oxygen atoms in total. The normalized spacial score (nSPS) is 19.9. The molecule has 4 rings (SSSR count). The van der Waals surface area contributed by atoms with E-state index in [1.54, 1.807) is 35.7 Å². The molecule has 0 radical (unpaired) electrons. The lowest BCUT2D eigenvalue weighted by molar-refractivity contribution is 0.296. The van der Waals surface area contributed by atoms with Gasteiger partial charge < -0.3 is 14.2 Å². The van der Waals surface area contributed by atoms with Crippen molar-refractivity contribution in [2.24, 2.45) is 0 Å². The van der Waals surface area contributed by atoms with Crippen LogP contribution < -0.4 is 14.2 Å². The molecule has 0 unspecified atom stereocenters. The summed E-state index contributed by atoms with van der Waals surface area (Å²) >= 11 is 0. The van der Waals surface area contributed by atoms with E-state index in [4.69, 9.17) is 14.2 Å². The Bertz CT molecular complexity index is 940. The van der Waals surface area contributed by atoms with Crippen LogP contribution in [0.3, 0.4) is 0 Å². The van der Waals surface area contributed by atoms with E-state index in [0.717, 1.165) is 23.3 Å². The first-order chi connectivity index (χ1) is 13.0. The van der Waals surface area contributed by atoms with Crippen molar-refractivity contribution in [3.8, 4) is 17.2 Å². The lowest BCUT2D eigenvalue weighted by atomic mass is 9.94. The van der Waals surface area contributed by atoms with E-state index in [1.807, 2.05) is 19.1 Å². The Balaban J connectivity index is 1.68. The van der Waals surface area contributed by atoms with Gasteiger partial charge in [-0.25, -0.2) is 8.42 Å². The summed E-state index contributed by atoms with van der Waals surface area (Å²) in [5, 5.41) is 0. The minimum atomic E-state index is -3.60. The van der Waals surface area contributed by atoms with Gasteiger partial charge in [-0.2, -0.15) is 4.31 Å². The third kappa shape index (κ3) is 3.26. The summed E-state index contributed by atoms with van der Waals surface area (Å²) in [6.07, 6.45) is 1.48. The molecule has 2 aromatic rings. The van der Waals surface area contributed by atoms with E-state index in [-0.39, 0.29) is 10.9 Å². The fraction of sp³-hybridized carbons (Fsp3) is 0.400. The molecule has 0 saturated heterocycles. The Labute approximate surface area is 159 Å². The van der Waals surface area contributed by atoms with E-state index in [2.05, 4.69) is 0 Å². The highest BCUT2D eigenvalue weighted by Gasteiger charge is 2.35. The van der Waals surface area contributed by atoms with Crippen LogP contribution in [0.15, 0.2) is 41.3 Å². The maximum Gasteiger partial charge on any atom is 0.243 e. The van der Waals surface area contributed by atoms with Gasteiger partial charge >= 0.3 is 0 Å². The zero-order chi connectivity index (χ0) is 19.0. The first kappa shape index (κ1) is 18.1. The van der Waals surface area contributed by atoms with Crippen LogP contribution in [0.2, 0.25) is 0 Å². The van der Waals surface area contributed by atoms with E-state index in [1.165, 1.54) is 0 Å². The molecule has 2 aliphatic rings. The van der Waals surface area contributed by atoms with Gasteiger partial charge in [0.2, 0.25) is 10.0 Å². The molecule has 2 aromatic carbocycles. The topological polar surface area (TPSA) is 65.1 Å². The highest BCUT2D eigenvalue weighted by molar-refractivity contribution is 7.89. The second-order valence-electron chi connectivity index (χ2n) is 6.77. The van der Waals surface area contributed by atoms with Gasteiger partial charge in [0.05, 0.1) is 25.2 Å². The van der Waals surface area contributed by atoms with Crippen molar-refractivity contribution in [1.82, 2.24) is 4.31 Å². The summed E-state index contributed by atoms with van der Waals surface area (Å²) in [6, 6.07) is 10.2. The molecule has 144 valence electrons. The molecule has 1 atom stereocenters. The average molecular weight is 389 g/mol. The van der Waals surface area contributed by atoms with Gasteiger partial charge in [0.15, 0.2) is 11.5 Å². The average Bonchev–Trinajstić information content (AvgIpc) is 2.91. The molecule has 2 aliphatic heterocycles. The maximum atomic E-state index is 13.2. The summed E-state index contributed by atoms with van der Waals surface area (Å²) in [5.74, 6) is 2.08. The molecular weight excluding hydrogens is 366 g/mol. The number of rotatable bonds is 3. The molecule has 0 saturated carbocycles.